The number of anilines is 1. The van der Waals surface area contributed by atoms with Crippen molar-refractivity contribution in [3.05, 3.63) is 59.7 Å². The highest BCUT2D eigenvalue weighted by Gasteiger charge is 2.20. The molecule has 1 atom stereocenters. The standard InChI is InChI=1S/C23H29N3O4S2/c1-23(2,3)17-8-6-16(7-9-17)21(27)26-22(31)25-18-10-12-20(13-11-18)32(28,29)24-15-19-5-4-14-30-19/h6-13,19,24H,4-5,14-15H2,1-3H3,(H2,25,26,27,31). The molecule has 1 amide bonds. The van der Waals surface area contributed by atoms with E-state index >= 15 is 0 Å². The summed E-state index contributed by atoms with van der Waals surface area (Å²) in [5.41, 5.74) is 2.21. The summed E-state index contributed by atoms with van der Waals surface area (Å²) in [6, 6.07) is 13.5. The molecular weight excluding hydrogens is 446 g/mol. The van der Waals surface area contributed by atoms with Crippen molar-refractivity contribution in [2.24, 2.45) is 0 Å². The summed E-state index contributed by atoms with van der Waals surface area (Å²) >= 11 is 5.22. The largest absolute Gasteiger partial charge is 0.377 e. The van der Waals surface area contributed by atoms with Crippen molar-refractivity contribution in [3.63, 3.8) is 0 Å². The first-order chi connectivity index (χ1) is 15.0. The third-order valence-corrected chi connectivity index (χ3v) is 6.83. The number of amides is 1. The first kappa shape index (κ1) is 24.3. The van der Waals surface area contributed by atoms with Gasteiger partial charge in [0.25, 0.3) is 5.91 Å². The predicted molar refractivity (Wildman–Crippen MR) is 129 cm³/mol. The molecule has 1 unspecified atom stereocenters. The summed E-state index contributed by atoms with van der Waals surface area (Å²) in [6.07, 6.45) is 1.73. The molecule has 9 heteroatoms. The van der Waals surface area contributed by atoms with E-state index < -0.39 is 10.0 Å². The second kappa shape index (κ2) is 10.1. The van der Waals surface area contributed by atoms with Gasteiger partial charge in [-0.05, 0) is 72.4 Å². The Labute approximate surface area is 195 Å². The Hall–Kier alpha value is -2.33. The minimum Gasteiger partial charge on any atom is -0.377 e. The molecule has 32 heavy (non-hydrogen) atoms. The molecule has 1 fully saturated rings. The molecule has 7 nitrogen and oxygen atoms in total. The van der Waals surface area contributed by atoms with Crippen molar-refractivity contribution < 1.29 is 17.9 Å². The van der Waals surface area contributed by atoms with Gasteiger partial charge >= 0.3 is 0 Å². The number of sulfonamides is 1. The summed E-state index contributed by atoms with van der Waals surface area (Å²) in [5.74, 6) is -0.319. The van der Waals surface area contributed by atoms with E-state index in [0.717, 1.165) is 18.4 Å². The fourth-order valence-electron chi connectivity index (χ4n) is 3.27. The Morgan fingerprint density at radius 2 is 1.75 bits per heavy atom. The van der Waals surface area contributed by atoms with Crippen LogP contribution >= 0.6 is 12.2 Å². The predicted octanol–water partition coefficient (Wildman–Crippen LogP) is 3.57. The highest BCUT2D eigenvalue weighted by atomic mass is 32.2. The molecule has 1 aliphatic rings. The number of thiocarbonyl (C=S) groups is 1. The molecule has 0 aliphatic carbocycles. The molecule has 0 bridgehead atoms. The van der Waals surface area contributed by atoms with Gasteiger partial charge < -0.3 is 10.1 Å². The summed E-state index contributed by atoms with van der Waals surface area (Å²) in [6.45, 7) is 7.26. The highest BCUT2D eigenvalue weighted by molar-refractivity contribution is 7.89. The topological polar surface area (TPSA) is 96.5 Å². The molecule has 1 saturated heterocycles. The van der Waals surface area contributed by atoms with Crippen LogP contribution in [0, 0.1) is 0 Å². The van der Waals surface area contributed by atoms with Crippen LogP contribution in [-0.4, -0.2) is 38.7 Å². The molecule has 1 heterocycles. The third-order valence-electron chi connectivity index (χ3n) is 5.19. The van der Waals surface area contributed by atoms with Gasteiger partial charge in [0.2, 0.25) is 10.0 Å². The fraction of sp³-hybridized carbons (Fsp3) is 0.391. The van der Waals surface area contributed by atoms with Crippen LogP contribution < -0.4 is 15.4 Å². The Balaban J connectivity index is 1.54. The molecule has 1 aliphatic heterocycles. The van der Waals surface area contributed by atoms with Gasteiger partial charge in [-0.2, -0.15) is 0 Å². The van der Waals surface area contributed by atoms with Crippen LogP contribution in [0.3, 0.4) is 0 Å². The van der Waals surface area contributed by atoms with Crippen molar-refractivity contribution >= 4 is 38.9 Å². The van der Waals surface area contributed by atoms with Crippen LogP contribution in [0.5, 0.6) is 0 Å². The van der Waals surface area contributed by atoms with Crippen LogP contribution in [-0.2, 0) is 20.2 Å². The zero-order chi connectivity index (χ0) is 23.4. The van der Waals surface area contributed by atoms with Crippen LogP contribution in [0.2, 0.25) is 0 Å². The Morgan fingerprint density at radius 3 is 2.31 bits per heavy atom. The molecule has 0 spiro atoms. The quantitative estimate of drug-likeness (QED) is 0.553. The number of hydrogen-bond donors (Lipinski definition) is 3. The van der Waals surface area contributed by atoms with E-state index in [1.54, 1.807) is 24.3 Å². The number of carbonyl (C=O) groups is 1. The zero-order valence-corrected chi connectivity index (χ0v) is 20.1. The van der Waals surface area contributed by atoms with Crippen LogP contribution in [0.25, 0.3) is 0 Å². The van der Waals surface area contributed by atoms with E-state index in [-0.39, 0.29) is 34.0 Å². The van der Waals surface area contributed by atoms with E-state index in [1.807, 2.05) is 12.1 Å². The van der Waals surface area contributed by atoms with Crippen molar-refractivity contribution in [2.45, 2.75) is 50.0 Å². The lowest BCUT2D eigenvalue weighted by Crippen LogP contribution is -2.34. The molecule has 2 aromatic carbocycles. The summed E-state index contributed by atoms with van der Waals surface area (Å²) < 4.78 is 32.9. The fourth-order valence-corrected chi connectivity index (χ4v) is 4.54. The number of rotatable bonds is 6. The molecule has 3 N–H and O–H groups in total. The molecule has 3 rings (SSSR count). The van der Waals surface area contributed by atoms with E-state index in [2.05, 4.69) is 36.1 Å². The van der Waals surface area contributed by atoms with E-state index in [1.165, 1.54) is 12.1 Å². The molecule has 0 radical (unpaired) electrons. The first-order valence-corrected chi connectivity index (χ1v) is 12.4. The van der Waals surface area contributed by atoms with Gasteiger partial charge in [0, 0.05) is 24.4 Å². The van der Waals surface area contributed by atoms with Gasteiger partial charge in [-0.15, -0.1) is 0 Å². The van der Waals surface area contributed by atoms with Crippen molar-refractivity contribution in [3.8, 4) is 0 Å². The van der Waals surface area contributed by atoms with Crippen molar-refractivity contribution in [1.29, 1.82) is 0 Å². The van der Waals surface area contributed by atoms with Crippen molar-refractivity contribution in [1.82, 2.24) is 10.0 Å². The van der Waals surface area contributed by atoms with E-state index in [9.17, 15) is 13.2 Å². The number of hydrogen-bond acceptors (Lipinski definition) is 5. The van der Waals surface area contributed by atoms with Gasteiger partial charge in [0.1, 0.15) is 0 Å². The van der Waals surface area contributed by atoms with Crippen LogP contribution in [0.4, 0.5) is 5.69 Å². The van der Waals surface area contributed by atoms with Crippen LogP contribution in [0.1, 0.15) is 49.5 Å². The van der Waals surface area contributed by atoms with Crippen molar-refractivity contribution in [2.75, 3.05) is 18.5 Å². The molecule has 0 aromatic heterocycles. The minimum atomic E-state index is -3.62. The lowest BCUT2D eigenvalue weighted by atomic mass is 9.87. The lowest BCUT2D eigenvalue weighted by molar-refractivity contribution is 0.0977. The van der Waals surface area contributed by atoms with Gasteiger partial charge in [-0.25, -0.2) is 13.1 Å². The maximum Gasteiger partial charge on any atom is 0.257 e. The molecular formula is C23H29N3O4S2. The maximum absolute atomic E-state index is 12.4. The Kier molecular flexibility index (Phi) is 7.66. The highest BCUT2D eigenvalue weighted by Crippen LogP contribution is 2.22. The molecule has 172 valence electrons. The van der Waals surface area contributed by atoms with E-state index in [0.29, 0.717) is 17.9 Å². The number of carbonyl (C=O) groups excluding carboxylic acids is 1. The number of benzene rings is 2. The van der Waals surface area contributed by atoms with Gasteiger partial charge in [-0.3, -0.25) is 10.1 Å². The second-order valence-electron chi connectivity index (χ2n) is 8.75. The smallest absolute Gasteiger partial charge is 0.257 e. The van der Waals surface area contributed by atoms with Gasteiger partial charge in [0.15, 0.2) is 5.11 Å². The first-order valence-electron chi connectivity index (χ1n) is 10.5. The summed E-state index contributed by atoms with van der Waals surface area (Å²) in [7, 11) is -3.62. The zero-order valence-electron chi connectivity index (χ0n) is 18.5. The maximum atomic E-state index is 12.4. The summed E-state index contributed by atoms with van der Waals surface area (Å²) in [5, 5.41) is 5.66. The average Bonchev–Trinajstić information content (AvgIpc) is 3.26. The van der Waals surface area contributed by atoms with Gasteiger partial charge in [-0.1, -0.05) is 32.9 Å². The number of ether oxygens (including phenoxy) is 1. The molecule has 2 aromatic rings. The normalized spacial score (nSPS) is 16.5. The van der Waals surface area contributed by atoms with Crippen LogP contribution in [0.15, 0.2) is 53.4 Å². The Bertz CT molecular complexity index is 1050. The monoisotopic (exact) mass is 475 g/mol. The Morgan fingerprint density at radius 1 is 1.09 bits per heavy atom. The third kappa shape index (κ3) is 6.59. The number of nitrogens with one attached hydrogen (secondary N) is 3. The summed E-state index contributed by atoms with van der Waals surface area (Å²) in [4.78, 5) is 12.6. The second-order valence-corrected chi connectivity index (χ2v) is 10.9. The van der Waals surface area contributed by atoms with Gasteiger partial charge in [0.05, 0.1) is 11.0 Å². The average molecular weight is 476 g/mol. The lowest BCUT2D eigenvalue weighted by Gasteiger charge is -2.19. The minimum absolute atomic E-state index is 0.00526. The van der Waals surface area contributed by atoms with E-state index in [4.69, 9.17) is 17.0 Å². The SMILES string of the molecule is CC(C)(C)c1ccc(C(=O)NC(=S)Nc2ccc(S(=O)(=O)NCC3CCCO3)cc2)cc1. The molecule has 0 saturated carbocycles.